The van der Waals surface area contributed by atoms with E-state index in [2.05, 4.69) is 10.4 Å². The van der Waals surface area contributed by atoms with E-state index in [4.69, 9.17) is 0 Å². The van der Waals surface area contributed by atoms with Gasteiger partial charge in [0.2, 0.25) is 11.8 Å². The number of fused-ring (bicyclic) bond motifs is 1. The second kappa shape index (κ2) is 8.42. The van der Waals surface area contributed by atoms with Crippen molar-refractivity contribution in [2.45, 2.75) is 58.9 Å². The van der Waals surface area contributed by atoms with Crippen LogP contribution >= 0.6 is 0 Å². The number of aryl methyl sites for hydroxylation is 1. The average molecular weight is 499 g/mol. The van der Waals surface area contributed by atoms with Crippen LogP contribution in [0.5, 0.6) is 0 Å². The summed E-state index contributed by atoms with van der Waals surface area (Å²) in [6.45, 7) is 8.48. The number of halogens is 3. The summed E-state index contributed by atoms with van der Waals surface area (Å²) in [6, 6.07) is -2.06. The molecule has 0 aromatic carbocycles. The number of amides is 3. The molecular formula is C22H29F3N6O4. The molecule has 192 valence electrons. The molecule has 1 aromatic rings. The van der Waals surface area contributed by atoms with Crippen LogP contribution in [0.25, 0.3) is 0 Å². The SMILES string of the molecule is Cn1[nH]cc(C(C#N)NC(=O)C2C3C(CN2C(=O)[C@@H](NC(=O)C(F)(F)F)C(C)(C)C)C3(C)C)c1=O. The minimum Gasteiger partial charge on any atom is -0.336 e. The van der Waals surface area contributed by atoms with Crippen LogP contribution in [0.3, 0.4) is 0 Å². The number of alkyl halides is 3. The Bertz CT molecular complexity index is 1140. The summed E-state index contributed by atoms with van der Waals surface area (Å²) in [5.41, 5.74) is -1.90. The molecule has 1 aromatic heterocycles. The van der Waals surface area contributed by atoms with Gasteiger partial charge in [0, 0.05) is 19.8 Å². The van der Waals surface area contributed by atoms with Crippen LogP contribution in [-0.4, -0.2) is 57.2 Å². The summed E-state index contributed by atoms with van der Waals surface area (Å²) in [4.78, 5) is 51.9. The average Bonchev–Trinajstić information content (AvgIpc) is 3.05. The third-order valence-electron chi connectivity index (χ3n) is 7.10. The lowest BCUT2D eigenvalue weighted by Gasteiger charge is -2.37. The molecule has 10 nitrogen and oxygen atoms in total. The Kier molecular flexibility index (Phi) is 6.33. The lowest BCUT2D eigenvalue weighted by molar-refractivity contribution is -0.176. The van der Waals surface area contributed by atoms with E-state index in [1.54, 1.807) is 5.32 Å². The third kappa shape index (κ3) is 4.66. The highest BCUT2D eigenvalue weighted by atomic mass is 19.4. The van der Waals surface area contributed by atoms with Gasteiger partial charge in [0.05, 0.1) is 11.6 Å². The van der Waals surface area contributed by atoms with Crippen molar-refractivity contribution < 1.29 is 27.6 Å². The molecule has 0 bridgehead atoms. The van der Waals surface area contributed by atoms with E-state index in [0.717, 1.165) is 4.68 Å². The molecule has 2 fully saturated rings. The number of nitrogens with zero attached hydrogens (tertiary/aromatic N) is 3. The number of hydrogen-bond donors (Lipinski definition) is 3. The van der Waals surface area contributed by atoms with Crippen LogP contribution in [0, 0.1) is 34.0 Å². The van der Waals surface area contributed by atoms with Crippen molar-refractivity contribution in [3.63, 3.8) is 0 Å². The predicted octanol–water partition coefficient (Wildman–Crippen LogP) is 0.970. The molecule has 0 radical (unpaired) electrons. The van der Waals surface area contributed by atoms with Gasteiger partial charge in [0.25, 0.3) is 5.56 Å². The van der Waals surface area contributed by atoms with Gasteiger partial charge in [-0.05, 0) is 22.7 Å². The van der Waals surface area contributed by atoms with E-state index in [-0.39, 0.29) is 29.4 Å². The molecule has 3 rings (SSSR count). The number of aromatic amines is 1. The number of hydrogen-bond acceptors (Lipinski definition) is 5. The largest absolute Gasteiger partial charge is 0.471 e. The summed E-state index contributed by atoms with van der Waals surface area (Å²) < 4.78 is 39.9. The van der Waals surface area contributed by atoms with E-state index in [1.165, 1.54) is 38.9 Å². The van der Waals surface area contributed by atoms with Crippen LogP contribution in [-0.2, 0) is 21.4 Å². The molecule has 0 spiro atoms. The van der Waals surface area contributed by atoms with Gasteiger partial charge in [-0.25, -0.2) is 0 Å². The minimum atomic E-state index is -5.18. The molecule has 1 aliphatic carbocycles. The molecule has 1 saturated heterocycles. The molecule has 2 aliphatic rings. The fraction of sp³-hybridized carbons (Fsp3) is 0.682. The first-order valence-electron chi connectivity index (χ1n) is 11.0. The molecule has 3 N–H and O–H groups in total. The molecule has 35 heavy (non-hydrogen) atoms. The third-order valence-corrected chi connectivity index (χ3v) is 7.10. The first-order chi connectivity index (χ1) is 15.9. The van der Waals surface area contributed by atoms with Crippen molar-refractivity contribution in [3.8, 4) is 6.07 Å². The molecule has 1 aliphatic heterocycles. The summed E-state index contributed by atoms with van der Waals surface area (Å²) in [5, 5.41) is 16.5. The number of H-pyrrole nitrogens is 1. The number of piperidine rings is 1. The fourth-order valence-corrected chi connectivity index (χ4v) is 4.94. The number of nitriles is 1. The quantitative estimate of drug-likeness (QED) is 0.555. The smallest absolute Gasteiger partial charge is 0.336 e. The van der Waals surface area contributed by atoms with Crippen molar-refractivity contribution in [1.82, 2.24) is 25.3 Å². The summed E-state index contributed by atoms with van der Waals surface area (Å²) >= 11 is 0. The summed E-state index contributed by atoms with van der Waals surface area (Å²) in [5.74, 6) is -4.13. The Labute approximate surface area is 199 Å². The van der Waals surface area contributed by atoms with Crippen molar-refractivity contribution in [2.75, 3.05) is 6.54 Å². The maximum absolute atomic E-state index is 13.5. The zero-order chi connectivity index (χ0) is 26.7. The first-order valence-corrected chi connectivity index (χ1v) is 11.0. The van der Waals surface area contributed by atoms with Gasteiger partial charge in [-0.15, -0.1) is 0 Å². The fourth-order valence-electron chi connectivity index (χ4n) is 4.94. The van der Waals surface area contributed by atoms with Crippen molar-refractivity contribution in [3.05, 3.63) is 22.1 Å². The van der Waals surface area contributed by atoms with Gasteiger partial charge in [0.1, 0.15) is 18.1 Å². The van der Waals surface area contributed by atoms with Crippen LogP contribution in [0.2, 0.25) is 0 Å². The second-order valence-corrected chi connectivity index (χ2v) is 10.8. The number of rotatable bonds is 5. The highest BCUT2D eigenvalue weighted by molar-refractivity contribution is 5.95. The first kappa shape index (κ1) is 26.3. The van der Waals surface area contributed by atoms with Gasteiger partial charge in [-0.2, -0.15) is 18.4 Å². The maximum Gasteiger partial charge on any atom is 0.471 e. The number of nitrogens with one attached hydrogen (secondary N) is 3. The Hall–Kier alpha value is -3.30. The van der Waals surface area contributed by atoms with Crippen LogP contribution in [0.4, 0.5) is 13.2 Å². The highest BCUT2D eigenvalue weighted by Crippen LogP contribution is 2.65. The number of aromatic nitrogens is 2. The lowest BCUT2D eigenvalue weighted by atomic mass is 9.85. The van der Waals surface area contributed by atoms with Crippen molar-refractivity contribution in [2.24, 2.45) is 29.7 Å². The molecular weight excluding hydrogens is 469 g/mol. The summed E-state index contributed by atoms with van der Waals surface area (Å²) in [6.07, 6.45) is -3.89. The van der Waals surface area contributed by atoms with Gasteiger partial charge in [0.15, 0.2) is 0 Å². The Morgan fingerprint density at radius 3 is 2.29 bits per heavy atom. The molecule has 4 unspecified atom stereocenters. The molecule has 13 heteroatoms. The van der Waals surface area contributed by atoms with Gasteiger partial charge >= 0.3 is 12.1 Å². The monoisotopic (exact) mass is 498 g/mol. The number of carbonyl (C=O) groups is 3. The predicted molar refractivity (Wildman–Crippen MR) is 116 cm³/mol. The Balaban J connectivity index is 1.90. The van der Waals surface area contributed by atoms with Crippen LogP contribution in [0.1, 0.15) is 46.2 Å². The highest BCUT2D eigenvalue weighted by Gasteiger charge is 2.70. The Morgan fingerprint density at radius 1 is 1.23 bits per heavy atom. The van der Waals surface area contributed by atoms with E-state index in [0.29, 0.717) is 0 Å². The molecule has 3 amide bonds. The molecule has 1 saturated carbocycles. The van der Waals surface area contributed by atoms with Gasteiger partial charge in [-0.3, -0.25) is 23.9 Å². The number of likely N-dealkylation sites (tertiary alicyclic amines) is 1. The van der Waals surface area contributed by atoms with Crippen molar-refractivity contribution >= 4 is 17.7 Å². The Morgan fingerprint density at radius 2 is 1.83 bits per heavy atom. The van der Waals surface area contributed by atoms with Crippen LogP contribution in [0.15, 0.2) is 11.0 Å². The standard InChI is InChI=1S/C22H29F3N6O4/c1-20(2,3)15(29-19(35)22(23,24)25)18(34)31-9-11-13(21(11,4)5)14(31)16(32)28-12(7-26)10-8-27-30(6)17(10)33/h8,11-15,27H,9H2,1-6H3,(H,28,32)(H,29,35)/t11?,12?,13?,14?,15-/m1/s1. The zero-order valence-electron chi connectivity index (χ0n) is 20.3. The van der Waals surface area contributed by atoms with E-state index < -0.39 is 53.0 Å². The van der Waals surface area contributed by atoms with Gasteiger partial charge < -0.3 is 20.6 Å². The number of carbonyl (C=O) groups excluding carboxylic acids is 3. The van der Waals surface area contributed by atoms with Gasteiger partial charge in [-0.1, -0.05) is 34.6 Å². The van der Waals surface area contributed by atoms with Crippen molar-refractivity contribution in [1.29, 1.82) is 5.26 Å². The van der Waals surface area contributed by atoms with E-state index in [1.807, 2.05) is 19.9 Å². The summed E-state index contributed by atoms with van der Waals surface area (Å²) in [7, 11) is 1.44. The minimum absolute atomic E-state index is 0.0100. The normalized spacial score (nSPS) is 24.7. The second-order valence-electron chi connectivity index (χ2n) is 10.8. The van der Waals surface area contributed by atoms with E-state index >= 15 is 0 Å². The van der Waals surface area contributed by atoms with Crippen LogP contribution < -0.4 is 16.2 Å². The van der Waals surface area contributed by atoms with E-state index in [9.17, 15) is 37.6 Å². The topological polar surface area (TPSA) is 140 Å². The zero-order valence-corrected chi connectivity index (χ0v) is 20.3. The molecule has 5 atom stereocenters. The molecule has 2 heterocycles. The maximum atomic E-state index is 13.5. The lowest BCUT2D eigenvalue weighted by Crippen LogP contribution is -2.60.